The molecule has 0 unspecified atom stereocenters. The molecule has 298 valence electrons. The van der Waals surface area contributed by atoms with Crippen molar-refractivity contribution in [2.45, 2.75) is 103 Å². The van der Waals surface area contributed by atoms with Crippen LogP contribution in [0, 0.1) is 11.3 Å². The highest BCUT2D eigenvalue weighted by atomic mass is 16.5. The second kappa shape index (κ2) is 21.1. The van der Waals surface area contributed by atoms with Gasteiger partial charge < -0.3 is 36.2 Å². The van der Waals surface area contributed by atoms with E-state index >= 15 is 0 Å². The average Bonchev–Trinajstić information content (AvgIpc) is 3.12. The normalized spacial score (nSPS) is 17.0. The van der Waals surface area contributed by atoms with Crippen LogP contribution in [-0.4, -0.2) is 114 Å². The van der Waals surface area contributed by atoms with Gasteiger partial charge in [-0.05, 0) is 55.1 Å². The van der Waals surface area contributed by atoms with Crippen molar-refractivity contribution in [2.75, 3.05) is 39.5 Å². The molecule has 0 radical (unpaired) electrons. The standard InChI is InChI=1S/C41H61N5O8/c1-28(2)23-32(36(49)41(6,53)27-47)43-38(51)33(24-30-15-11-8-12-16-30)44-39(52)34(25-40(3,4)5)45-37(50)31(18-17-29-13-9-7-10-14-29)42-35(48)26-46-19-21-54-22-20-46/h7-16,28,31-34,47,53H,17-27H2,1-6H3,(H,42,48)(H,43,51)(H,44,52)(H,45,50)/t31-,32-,33-,34-,41+/m0/s1. The maximum Gasteiger partial charge on any atom is 0.243 e. The first-order chi connectivity index (χ1) is 25.5. The number of aliphatic hydroxyl groups is 2. The molecule has 13 nitrogen and oxygen atoms in total. The van der Waals surface area contributed by atoms with E-state index in [1.165, 1.54) is 6.92 Å². The minimum absolute atomic E-state index is 0.0496. The SMILES string of the molecule is CC(C)C[C@H](NC(=O)[C@H](Cc1ccccc1)NC(=O)[C@H](CC(C)(C)C)NC(=O)[C@H](CCc1ccccc1)NC(=O)CN1CCOCC1)C(=O)[C@](C)(O)CO. The van der Waals surface area contributed by atoms with Crippen LogP contribution in [0.4, 0.5) is 0 Å². The maximum absolute atomic E-state index is 14.2. The molecule has 13 heteroatoms. The lowest BCUT2D eigenvalue weighted by atomic mass is 9.87. The Bertz CT molecular complexity index is 1510. The van der Waals surface area contributed by atoms with Crippen LogP contribution in [-0.2, 0) is 41.6 Å². The fraction of sp³-hybridized carbons (Fsp3) is 0.585. The molecular weight excluding hydrogens is 690 g/mol. The third-order valence-corrected chi connectivity index (χ3v) is 9.23. The van der Waals surface area contributed by atoms with Gasteiger partial charge in [-0.2, -0.15) is 0 Å². The fourth-order valence-corrected chi connectivity index (χ4v) is 6.28. The number of carbonyl (C=O) groups excluding carboxylic acids is 5. The van der Waals surface area contributed by atoms with E-state index < -0.39 is 65.3 Å². The zero-order valence-corrected chi connectivity index (χ0v) is 32.7. The Balaban J connectivity index is 1.87. The summed E-state index contributed by atoms with van der Waals surface area (Å²) in [6.07, 6.45) is 1.27. The van der Waals surface area contributed by atoms with Gasteiger partial charge in [-0.15, -0.1) is 0 Å². The Hall–Kier alpha value is -4.17. The predicted octanol–water partition coefficient (Wildman–Crippen LogP) is 1.93. The highest BCUT2D eigenvalue weighted by Crippen LogP contribution is 2.22. The first kappa shape index (κ1) is 44.2. The van der Waals surface area contributed by atoms with Crippen LogP contribution in [0.1, 0.15) is 71.9 Å². The Labute approximate surface area is 320 Å². The molecule has 5 atom stereocenters. The van der Waals surface area contributed by atoms with Crippen molar-refractivity contribution in [1.29, 1.82) is 0 Å². The molecule has 0 aliphatic carbocycles. The number of ether oxygens (including phenoxy) is 1. The van der Waals surface area contributed by atoms with Gasteiger partial charge in [-0.1, -0.05) is 95.3 Å². The van der Waals surface area contributed by atoms with Crippen molar-refractivity contribution in [1.82, 2.24) is 26.2 Å². The van der Waals surface area contributed by atoms with Crippen molar-refractivity contribution < 1.29 is 38.9 Å². The number of hydrogen-bond donors (Lipinski definition) is 6. The van der Waals surface area contributed by atoms with Crippen LogP contribution in [0.5, 0.6) is 0 Å². The van der Waals surface area contributed by atoms with Gasteiger partial charge in [0.25, 0.3) is 0 Å². The second-order valence-corrected chi connectivity index (χ2v) is 16.1. The van der Waals surface area contributed by atoms with Gasteiger partial charge in [0.1, 0.15) is 23.7 Å². The summed E-state index contributed by atoms with van der Waals surface area (Å²) in [6.45, 7) is 12.2. The molecule has 1 aliphatic rings. The lowest BCUT2D eigenvalue weighted by Gasteiger charge is -2.31. The van der Waals surface area contributed by atoms with Gasteiger partial charge in [-0.25, -0.2) is 0 Å². The van der Waals surface area contributed by atoms with Gasteiger partial charge in [0.2, 0.25) is 23.6 Å². The molecule has 0 bridgehead atoms. The summed E-state index contributed by atoms with van der Waals surface area (Å²) in [4.78, 5) is 70.6. The minimum atomic E-state index is -2.08. The quantitative estimate of drug-likeness (QED) is 0.118. The van der Waals surface area contributed by atoms with E-state index in [2.05, 4.69) is 21.3 Å². The number of rotatable bonds is 20. The Morgan fingerprint density at radius 1 is 0.741 bits per heavy atom. The van der Waals surface area contributed by atoms with Gasteiger partial charge in [-0.3, -0.25) is 28.9 Å². The molecule has 6 N–H and O–H groups in total. The number of hydrogen-bond acceptors (Lipinski definition) is 9. The largest absolute Gasteiger partial charge is 0.393 e. The Morgan fingerprint density at radius 3 is 1.81 bits per heavy atom. The van der Waals surface area contributed by atoms with Crippen LogP contribution < -0.4 is 21.3 Å². The van der Waals surface area contributed by atoms with Gasteiger partial charge in [0, 0.05) is 19.5 Å². The molecule has 3 rings (SSSR count). The predicted molar refractivity (Wildman–Crippen MR) is 206 cm³/mol. The lowest BCUT2D eigenvalue weighted by Crippen LogP contribution is -2.60. The number of aliphatic hydroxyl groups excluding tert-OH is 1. The molecule has 1 saturated heterocycles. The topological polar surface area (TPSA) is 186 Å². The van der Waals surface area contributed by atoms with Crippen molar-refractivity contribution >= 4 is 29.4 Å². The molecule has 2 aromatic rings. The maximum atomic E-state index is 14.2. The van der Waals surface area contributed by atoms with E-state index in [0.29, 0.717) is 32.7 Å². The van der Waals surface area contributed by atoms with E-state index in [1.54, 1.807) is 12.1 Å². The first-order valence-electron chi connectivity index (χ1n) is 18.9. The van der Waals surface area contributed by atoms with E-state index in [9.17, 15) is 34.2 Å². The van der Waals surface area contributed by atoms with E-state index in [4.69, 9.17) is 4.74 Å². The summed E-state index contributed by atoms with van der Waals surface area (Å²) in [6, 6.07) is 14.3. The van der Waals surface area contributed by atoms with Crippen molar-refractivity contribution in [2.24, 2.45) is 11.3 Å². The number of benzene rings is 2. The van der Waals surface area contributed by atoms with Crippen LogP contribution in [0.2, 0.25) is 0 Å². The summed E-state index contributed by atoms with van der Waals surface area (Å²) < 4.78 is 5.40. The summed E-state index contributed by atoms with van der Waals surface area (Å²) in [5.41, 5.74) is -0.781. The van der Waals surface area contributed by atoms with Gasteiger partial charge in [0.15, 0.2) is 5.78 Å². The monoisotopic (exact) mass is 751 g/mol. The molecule has 1 fully saturated rings. The lowest BCUT2D eigenvalue weighted by molar-refractivity contribution is -0.144. The van der Waals surface area contributed by atoms with Crippen LogP contribution >= 0.6 is 0 Å². The number of amides is 4. The Kier molecular flexibility index (Phi) is 17.2. The summed E-state index contributed by atoms with van der Waals surface area (Å²) in [7, 11) is 0. The van der Waals surface area contributed by atoms with Gasteiger partial charge >= 0.3 is 0 Å². The van der Waals surface area contributed by atoms with E-state index in [0.717, 1.165) is 11.1 Å². The Morgan fingerprint density at radius 2 is 1.26 bits per heavy atom. The number of Topliss-reactive ketones (excluding diaryl/α,β-unsaturated/α-hetero) is 1. The molecule has 4 amide bonds. The number of nitrogens with zero attached hydrogens (tertiary/aromatic N) is 1. The molecule has 0 aromatic heterocycles. The number of carbonyl (C=O) groups is 5. The average molecular weight is 752 g/mol. The molecule has 54 heavy (non-hydrogen) atoms. The smallest absolute Gasteiger partial charge is 0.243 e. The van der Waals surface area contributed by atoms with Crippen molar-refractivity contribution in [3.63, 3.8) is 0 Å². The summed E-state index contributed by atoms with van der Waals surface area (Å²) in [5.74, 6) is -2.89. The van der Waals surface area contributed by atoms with E-state index in [1.807, 2.05) is 88.0 Å². The highest BCUT2D eigenvalue weighted by Gasteiger charge is 2.38. The van der Waals surface area contributed by atoms with Crippen LogP contribution in [0.3, 0.4) is 0 Å². The molecule has 0 spiro atoms. The van der Waals surface area contributed by atoms with Gasteiger partial charge in [0.05, 0.1) is 32.4 Å². The summed E-state index contributed by atoms with van der Waals surface area (Å²) >= 11 is 0. The minimum Gasteiger partial charge on any atom is -0.393 e. The number of nitrogens with one attached hydrogen (secondary N) is 4. The zero-order valence-electron chi connectivity index (χ0n) is 32.7. The third kappa shape index (κ3) is 15.3. The van der Waals surface area contributed by atoms with Crippen LogP contribution in [0.15, 0.2) is 60.7 Å². The molecule has 0 saturated carbocycles. The zero-order chi connectivity index (χ0) is 39.9. The van der Waals surface area contributed by atoms with Crippen molar-refractivity contribution in [3.8, 4) is 0 Å². The fourth-order valence-electron chi connectivity index (χ4n) is 6.28. The summed E-state index contributed by atoms with van der Waals surface area (Å²) in [5, 5.41) is 31.6. The molecule has 2 aromatic carbocycles. The van der Waals surface area contributed by atoms with Crippen LogP contribution in [0.25, 0.3) is 0 Å². The second-order valence-electron chi connectivity index (χ2n) is 16.1. The molecule has 1 heterocycles. The first-order valence-corrected chi connectivity index (χ1v) is 18.9. The number of ketones is 1. The highest BCUT2D eigenvalue weighted by molar-refractivity contribution is 5.98. The number of aryl methyl sites for hydroxylation is 1. The third-order valence-electron chi connectivity index (χ3n) is 9.23. The van der Waals surface area contributed by atoms with Crippen molar-refractivity contribution in [3.05, 3.63) is 71.8 Å². The molecular formula is C41H61N5O8. The molecule has 1 aliphatic heterocycles. The van der Waals surface area contributed by atoms with E-state index in [-0.39, 0.29) is 44.1 Å². The number of morpholine rings is 1.